The molecule has 2 N–H and O–H groups in total. The zero-order valence-electron chi connectivity index (χ0n) is 10.9. The lowest BCUT2D eigenvalue weighted by Crippen LogP contribution is -2.11. The van der Waals surface area contributed by atoms with Gasteiger partial charge in [0.1, 0.15) is 5.76 Å². The van der Waals surface area contributed by atoms with Crippen molar-refractivity contribution in [1.82, 2.24) is 9.72 Å². The third-order valence-electron chi connectivity index (χ3n) is 3.81. The first-order chi connectivity index (χ1) is 8.65. The molecule has 2 heterocycles. The van der Waals surface area contributed by atoms with Crippen LogP contribution in [0.3, 0.4) is 0 Å². The molecule has 0 bridgehead atoms. The molecule has 2 aromatic heterocycles. The molecule has 1 atom stereocenters. The predicted octanol–water partition coefficient (Wildman–Crippen LogP) is 2.55. The molecule has 1 saturated carbocycles. The van der Waals surface area contributed by atoms with Crippen molar-refractivity contribution in [1.29, 1.82) is 0 Å². The molecule has 0 saturated heterocycles. The Labute approximate surface area is 107 Å². The minimum Gasteiger partial charge on any atom is -0.361 e. The second-order valence-corrected chi connectivity index (χ2v) is 5.28. The summed E-state index contributed by atoms with van der Waals surface area (Å²) in [5, 5.41) is 3.98. The van der Waals surface area contributed by atoms with Crippen molar-refractivity contribution >= 4 is 0 Å². The lowest BCUT2D eigenvalue weighted by atomic mass is 10.1. The molecule has 0 spiro atoms. The van der Waals surface area contributed by atoms with Gasteiger partial charge in [0.25, 0.3) is 0 Å². The molecule has 0 aromatic carbocycles. The highest BCUT2D eigenvalue weighted by molar-refractivity contribution is 5.23. The number of hydrogen-bond acceptors (Lipinski definition) is 3. The summed E-state index contributed by atoms with van der Waals surface area (Å²) in [5.74, 6) is 1.59. The van der Waals surface area contributed by atoms with E-state index in [4.69, 9.17) is 10.3 Å². The van der Waals surface area contributed by atoms with Gasteiger partial charge in [-0.1, -0.05) is 5.16 Å². The quantitative estimate of drug-likeness (QED) is 0.900. The number of nitrogens with two attached hydrogens (primary N) is 1. The number of nitrogens with zero attached hydrogens (tertiary/aromatic N) is 2. The first-order valence-corrected chi connectivity index (χ1v) is 6.48. The van der Waals surface area contributed by atoms with Crippen LogP contribution in [0.5, 0.6) is 0 Å². The molecule has 0 aliphatic heterocycles. The molecule has 1 aliphatic rings. The van der Waals surface area contributed by atoms with Crippen LogP contribution in [-0.4, -0.2) is 9.72 Å². The Morgan fingerprint density at radius 2 is 2.28 bits per heavy atom. The van der Waals surface area contributed by atoms with Gasteiger partial charge < -0.3 is 14.8 Å². The Morgan fingerprint density at radius 1 is 1.50 bits per heavy atom. The summed E-state index contributed by atoms with van der Waals surface area (Å²) in [5.41, 5.74) is 9.57. The Morgan fingerprint density at radius 3 is 2.89 bits per heavy atom. The zero-order chi connectivity index (χ0) is 12.7. The van der Waals surface area contributed by atoms with E-state index in [-0.39, 0.29) is 6.04 Å². The van der Waals surface area contributed by atoms with E-state index in [9.17, 15) is 0 Å². The third-order valence-corrected chi connectivity index (χ3v) is 3.81. The van der Waals surface area contributed by atoms with Crippen LogP contribution in [0.25, 0.3) is 0 Å². The third kappa shape index (κ3) is 2.08. The van der Waals surface area contributed by atoms with Crippen LogP contribution in [0.1, 0.15) is 41.5 Å². The molecule has 1 unspecified atom stereocenters. The second kappa shape index (κ2) is 4.28. The Balaban J connectivity index is 1.77. The number of hydrogen-bond donors (Lipinski definition) is 1. The summed E-state index contributed by atoms with van der Waals surface area (Å²) in [6.45, 7) is 4.74. The fraction of sp³-hybridized carbons (Fsp3) is 0.500. The van der Waals surface area contributed by atoms with Crippen LogP contribution in [0, 0.1) is 19.8 Å². The topological polar surface area (TPSA) is 57.0 Å². The molecule has 1 fully saturated rings. The first kappa shape index (κ1) is 11.5. The summed E-state index contributed by atoms with van der Waals surface area (Å²) in [7, 11) is 0. The van der Waals surface area contributed by atoms with Crippen molar-refractivity contribution in [3.05, 3.63) is 41.0 Å². The zero-order valence-corrected chi connectivity index (χ0v) is 10.9. The van der Waals surface area contributed by atoms with Crippen molar-refractivity contribution < 1.29 is 4.52 Å². The molecule has 0 amide bonds. The molecule has 4 heteroatoms. The van der Waals surface area contributed by atoms with Crippen LogP contribution in [-0.2, 0) is 6.54 Å². The van der Waals surface area contributed by atoms with Crippen LogP contribution in [0.15, 0.2) is 23.0 Å². The summed E-state index contributed by atoms with van der Waals surface area (Å²) in [6, 6.07) is 2.33. The molecule has 4 nitrogen and oxygen atoms in total. The summed E-state index contributed by atoms with van der Waals surface area (Å²) < 4.78 is 7.34. The Kier molecular flexibility index (Phi) is 2.74. The molecule has 3 rings (SSSR count). The summed E-state index contributed by atoms with van der Waals surface area (Å²) in [4.78, 5) is 0. The fourth-order valence-electron chi connectivity index (χ4n) is 2.39. The van der Waals surface area contributed by atoms with E-state index < -0.39 is 0 Å². The summed E-state index contributed by atoms with van der Waals surface area (Å²) in [6.07, 6.45) is 6.78. The van der Waals surface area contributed by atoms with Crippen molar-refractivity contribution in [2.75, 3.05) is 0 Å². The standard InChI is InChI=1S/C14H19N3O/c1-9-13(10(2)18-16-9)8-17-6-5-12(7-17)14(15)11-3-4-11/h5-7,11,14H,3-4,8,15H2,1-2H3. The maximum absolute atomic E-state index is 6.20. The van der Waals surface area contributed by atoms with Crippen LogP contribution < -0.4 is 5.73 Å². The Hall–Kier alpha value is -1.55. The highest BCUT2D eigenvalue weighted by atomic mass is 16.5. The van der Waals surface area contributed by atoms with Gasteiger partial charge in [-0.3, -0.25) is 0 Å². The molecule has 96 valence electrons. The number of aryl methyl sites for hydroxylation is 2. The number of aromatic nitrogens is 2. The van der Waals surface area contributed by atoms with E-state index in [0.29, 0.717) is 5.92 Å². The van der Waals surface area contributed by atoms with E-state index in [1.807, 2.05) is 13.8 Å². The maximum Gasteiger partial charge on any atom is 0.138 e. The molecule has 0 radical (unpaired) electrons. The average molecular weight is 245 g/mol. The van der Waals surface area contributed by atoms with E-state index in [1.165, 1.54) is 18.4 Å². The maximum atomic E-state index is 6.20. The number of rotatable bonds is 4. The minimum atomic E-state index is 0.205. The predicted molar refractivity (Wildman–Crippen MR) is 69.2 cm³/mol. The van der Waals surface area contributed by atoms with Gasteiger partial charge in [-0.2, -0.15) is 0 Å². The van der Waals surface area contributed by atoms with Gasteiger partial charge in [-0.05, 0) is 44.2 Å². The molecule has 1 aliphatic carbocycles. The SMILES string of the molecule is Cc1noc(C)c1Cn1ccc(C(N)C2CC2)c1. The highest BCUT2D eigenvalue weighted by Crippen LogP contribution is 2.39. The fourth-order valence-corrected chi connectivity index (χ4v) is 2.39. The van der Waals surface area contributed by atoms with Gasteiger partial charge in [0, 0.05) is 24.0 Å². The van der Waals surface area contributed by atoms with E-state index in [1.54, 1.807) is 0 Å². The molecular formula is C14H19N3O. The second-order valence-electron chi connectivity index (χ2n) is 5.28. The van der Waals surface area contributed by atoms with Gasteiger partial charge in [0.15, 0.2) is 0 Å². The average Bonchev–Trinajstić information content (AvgIpc) is 3.03. The van der Waals surface area contributed by atoms with E-state index in [0.717, 1.165) is 23.6 Å². The van der Waals surface area contributed by atoms with Gasteiger partial charge in [-0.25, -0.2) is 0 Å². The van der Waals surface area contributed by atoms with Crippen LogP contribution >= 0.6 is 0 Å². The minimum absolute atomic E-state index is 0.205. The lowest BCUT2D eigenvalue weighted by Gasteiger charge is -2.07. The lowest BCUT2D eigenvalue weighted by molar-refractivity contribution is 0.392. The van der Waals surface area contributed by atoms with Crippen molar-refractivity contribution in [2.45, 2.75) is 39.3 Å². The normalized spacial score (nSPS) is 17.1. The first-order valence-electron chi connectivity index (χ1n) is 6.48. The van der Waals surface area contributed by atoms with Crippen molar-refractivity contribution in [3.63, 3.8) is 0 Å². The van der Waals surface area contributed by atoms with E-state index >= 15 is 0 Å². The van der Waals surface area contributed by atoms with Gasteiger partial charge >= 0.3 is 0 Å². The highest BCUT2D eigenvalue weighted by Gasteiger charge is 2.29. The molecule has 2 aromatic rings. The van der Waals surface area contributed by atoms with Gasteiger partial charge in [-0.15, -0.1) is 0 Å². The van der Waals surface area contributed by atoms with Crippen LogP contribution in [0.4, 0.5) is 0 Å². The van der Waals surface area contributed by atoms with Crippen molar-refractivity contribution in [2.24, 2.45) is 11.7 Å². The van der Waals surface area contributed by atoms with Crippen LogP contribution in [0.2, 0.25) is 0 Å². The van der Waals surface area contributed by atoms with Gasteiger partial charge in [0.05, 0.1) is 12.2 Å². The smallest absolute Gasteiger partial charge is 0.138 e. The van der Waals surface area contributed by atoms with Gasteiger partial charge in [0.2, 0.25) is 0 Å². The molecular weight excluding hydrogens is 226 g/mol. The summed E-state index contributed by atoms with van der Waals surface area (Å²) >= 11 is 0. The monoisotopic (exact) mass is 245 g/mol. The molecule has 18 heavy (non-hydrogen) atoms. The largest absolute Gasteiger partial charge is 0.361 e. The van der Waals surface area contributed by atoms with Crippen molar-refractivity contribution in [3.8, 4) is 0 Å². The Bertz CT molecular complexity index is 532. The van der Waals surface area contributed by atoms with E-state index in [2.05, 4.69) is 28.2 Å².